The number of hydrogen-bond donors (Lipinski definition) is 2. The Morgan fingerprint density at radius 2 is 1.86 bits per heavy atom. The van der Waals surface area contributed by atoms with Crippen molar-refractivity contribution in [1.29, 1.82) is 0 Å². The maximum atomic E-state index is 11.1. The summed E-state index contributed by atoms with van der Waals surface area (Å²) in [5.74, 6) is 0.557. The lowest BCUT2D eigenvalue weighted by molar-refractivity contribution is 0.780. The topological polar surface area (TPSA) is 89.6 Å². The van der Waals surface area contributed by atoms with Gasteiger partial charge in [-0.15, -0.1) is 0 Å². The summed E-state index contributed by atoms with van der Waals surface area (Å²) < 4.78 is 1.61. The molecule has 21 heavy (non-hydrogen) atoms. The number of nitrogens with zero attached hydrogens (tertiary/aromatic N) is 3. The van der Waals surface area contributed by atoms with Crippen LogP contribution in [0.1, 0.15) is 5.56 Å². The van der Waals surface area contributed by atoms with E-state index in [1.807, 2.05) is 31.2 Å². The number of anilines is 1. The predicted octanol–water partition coefficient (Wildman–Crippen LogP) is 1.73. The maximum absolute atomic E-state index is 11.1. The van der Waals surface area contributed by atoms with Crippen molar-refractivity contribution in [3.8, 4) is 22.5 Å². The molecule has 6 nitrogen and oxygen atoms in total. The largest absolute Gasteiger partial charge is 0.383 e. The highest BCUT2D eigenvalue weighted by Crippen LogP contribution is 2.34. The van der Waals surface area contributed by atoms with Crippen LogP contribution in [0, 0.1) is 6.92 Å². The number of benzene rings is 1. The molecule has 0 aliphatic heterocycles. The Kier molecular flexibility index (Phi) is 3.06. The van der Waals surface area contributed by atoms with Gasteiger partial charge in [-0.2, -0.15) is 10.2 Å². The lowest BCUT2D eigenvalue weighted by Crippen LogP contribution is -2.06. The Hall–Kier alpha value is -2.89. The van der Waals surface area contributed by atoms with Crippen molar-refractivity contribution in [2.24, 2.45) is 7.05 Å². The van der Waals surface area contributed by atoms with E-state index in [9.17, 15) is 4.79 Å². The standard InChI is InChI=1S/C15H15N5O/c1-9-3-5-10(6-4-9)13-14(19-20(2)15(13)16)11-7-8-12(21)18-17-11/h3-8H,16H2,1-2H3,(H,18,21). The molecular weight excluding hydrogens is 266 g/mol. The summed E-state index contributed by atoms with van der Waals surface area (Å²) >= 11 is 0. The molecule has 3 aromatic rings. The first-order valence-electron chi connectivity index (χ1n) is 6.52. The zero-order valence-corrected chi connectivity index (χ0v) is 11.8. The fourth-order valence-corrected chi connectivity index (χ4v) is 2.20. The highest BCUT2D eigenvalue weighted by atomic mass is 16.1. The van der Waals surface area contributed by atoms with Crippen LogP contribution in [0.25, 0.3) is 22.5 Å². The Labute approximate surface area is 121 Å². The van der Waals surface area contributed by atoms with Crippen molar-refractivity contribution in [2.45, 2.75) is 6.92 Å². The molecule has 0 spiro atoms. The second-order valence-corrected chi connectivity index (χ2v) is 4.90. The van der Waals surface area contributed by atoms with Crippen LogP contribution >= 0.6 is 0 Å². The van der Waals surface area contributed by atoms with Gasteiger partial charge in [-0.1, -0.05) is 29.8 Å². The number of aryl methyl sites for hydroxylation is 2. The van der Waals surface area contributed by atoms with E-state index in [2.05, 4.69) is 15.3 Å². The monoisotopic (exact) mass is 281 g/mol. The molecule has 106 valence electrons. The molecule has 3 N–H and O–H groups in total. The van der Waals surface area contributed by atoms with Crippen molar-refractivity contribution in [2.75, 3.05) is 5.73 Å². The Bertz CT molecular complexity index is 825. The molecule has 3 rings (SSSR count). The first kappa shape index (κ1) is 13.1. The van der Waals surface area contributed by atoms with E-state index in [0.29, 0.717) is 17.2 Å². The molecule has 0 bridgehead atoms. The van der Waals surface area contributed by atoms with Crippen LogP contribution in [0.2, 0.25) is 0 Å². The molecule has 0 unspecified atom stereocenters. The van der Waals surface area contributed by atoms with Crippen LogP contribution in [0.3, 0.4) is 0 Å². The summed E-state index contributed by atoms with van der Waals surface area (Å²) in [6.07, 6.45) is 0. The van der Waals surface area contributed by atoms with Gasteiger partial charge in [0.15, 0.2) is 0 Å². The number of aromatic nitrogens is 4. The molecule has 1 aromatic carbocycles. The number of aromatic amines is 1. The minimum absolute atomic E-state index is 0.250. The van der Waals surface area contributed by atoms with Gasteiger partial charge in [0.2, 0.25) is 0 Å². The van der Waals surface area contributed by atoms with Gasteiger partial charge in [-0.05, 0) is 18.6 Å². The third kappa shape index (κ3) is 2.31. The van der Waals surface area contributed by atoms with Gasteiger partial charge in [-0.3, -0.25) is 9.48 Å². The summed E-state index contributed by atoms with van der Waals surface area (Å²) in [5.41, 5.74) is 10.1. The molecule has 0 atom stereocenters. The van der Waals surface area contributed by atoms with E-state index >= 15 is 0 Å². The number of nitrogens with one attached hydrogen (secondary N) is 1. The molecular formula is C15H15N5O. The van der Waals surface area contributed by atoms with Gasteiger partial charge < -0.3 is 5.73 Å². The molecule has 0 saturated heterocycles. The van der Waals surface area contributed by atoms with Gasteiger partial charge in [0.05, 0.1) is 5.56 Å². The number of H-pyrrole nitrogens is 1. The minimum atomic E-state index is -0.250. The van der Waals surface area contributed by atoms with E-state index in [0.717, 1.165) is 11.1 Å². The molecule has 0 amide bonds. The quantitative estimate of drug-likeness (QED) is 0.748. The predicted molar refractivity (Wildman–Crippen MR) is 81.6 cm³/mol. The van der Waals surface area contributed by atoms with Gasteiger partial charge in [0, 0.05) is 13.1 Å². The first-order valence-corrected chi connectivity index (χ1v) is 6.52. The molecule has 0 aliphatic carbocycles. The maximum Gasteiger partial charge on any atom is 0.264 e. The minimum Gasteiger partial charge on any atom is -0.383 e. The number of nitrogens with two attached hydrogens (primary N) is 1. The number of nitrogen functional groups attached to an aromatic ring is 1. The van der Waals surface area contributed by atoms with E-state index in [4.69, 9.17) is 5.73 Å². The molecule has 0 radical (unpaired) electrons. The fraction of sp³-hybridized carbons (Fsp3) is 0.133. The van der Waals surface area contributed by atoms with E-state index in [-0.39, 0.29) is 5.56 Å². The van der Waals surface area contributed by atoms with Crippen LogP contribution in [-0.2, 0) is 7.05 Å². The van der Waals surface area contributed by atoms with E-state index < -0.39 is 0 Å². The lowest BCUT2D eigenvalue weighted by atomic mass is 10.0. The van der Waals surface area contributed by atoms with Crippen LogP contribution in [0.4, 0.5) is 5.82 Å². The molecule has 0 aliphatic rings. The fourth-order valence-electron chi connectivity index (χ4n) is 2.20. The van der Waals surface area contributed by atoms with Crippen molar-refractivity contribution in [1.82, 2.24) is 20.0 Å². The summed E-state index contributed by atoms with van der Waals surface area (Å²) in [6, 6.07) is 11.1. The highest BCUT2D eigenvalue weighted by Gasteiger charge is 2.18. The summed E-state index contributed by atoms with van der Waals surface area (Å²) in [4.78, 5) is 11.1. The molecule has 6 heteroatoms. The summed E-state index contributed by atoms with van der Waals surface area (Å²) in [7, 11) is 1.78. The van der Waals surface area contributed by atoms with Crippen LogP contribution < -0.4 is 11.3 Å². The van der Waals surface area contributed by atoms with Gasteiger partial charge in [-0.25, -0.2) is 5.10 Å². The van der Waals surface area contributed by atoms with Crippen LogP contribution in [0.15, 0.2) is 41.2 Å². The Morgan fingerprint density at radius 1 is 1.14 bits per heavy atom. The highest BCUT2D eigenvalue weighted by molar-refractivity contribution is 5.86. The third-order valence-corrected chi connectivity index (χ3v) is 3.35. The molecule has 0 saturated carbocycles. The van der Waals surface area contributed by atoms with Crippen LogP contribution in [-0.4, -0.2) is 20.0 Å². The Balaban J connectivity index is 2.22. The average molecular weight is 281 g/mol. The SMILES string of the molecule is Cc1ccc(-c2c(-c3ccc(=O)[nH]n3)nn(C)c2N)cc1. The second kappa shape index (κ2) is 4.90. The lowest BCUT2D eigenvalue weighted by Gasteiger charge is -2.04. The van der Waals surface area contributed by atoms with Gasteiger partial charge in [0.25, 0.3) is 5.56 Å². The van der Waals surface area contributed by atoms with E-state index in [1.165, 1.54) is 11.6 Å². The number of rotatable bonds is 2. The molecule has 2 aromatic heterocycles. The van der Waals surface area contributed by atoms with E-state index in [1.54, 1.807) is 17.8 Å². The van der Waals surface area contributed by atoms with Crippen LogP contribution in [0.5, 0.6) is 0 Å². The normalized spacial score (nSPS) is 10.8. The third-order valence-electron chi connectivity index (χ3n) is 3.35. The van der Waals surface area contributed by atoms with Crippen molar-refractivity contribution >= 4 is 5.82 Å². The summed E-state index contributed by atoms with van der Waals surface area (Å²) in [5, 5.41) is 10.9. The van der Waals surface area contributed by atoms with Gasteiger partial charge in [0.1, 0.15) is 17.2 Å². The smallest absolute Gasteiger partial charge is 0.264 e. The first-order chi connectivity index (χ1) is 10.1. The molecule has 0 fully saturated rings. The average Bonchev–Trinajstić information content (AvgIpc) is 2.77. The van der Waals surface area contributed by atoms with Gasteiger partial charge >= 0.3 is 0 Å². The zero-order chi connectivity index (χ0) is 15.0. The summed E-state index contributed by atoms with van der Waals surface area (Å²) in [6.45, 7) is 2.03. The number of hydrogen-bond acceptors (Lipinski definition) is 4. The second-order valence-electron chi connectivity index (χ2n) is 4.90. The molecule has 2 heterocycles. The van der Waals surface area contributed by atoms with Crippen molar-refractivity contribution in [3.05, 3.63) is 52.3 Å². The Morgan fingerprint density at radius 3 is 2.48 bits per heavy atom. The van der Waals surface area contributed by atoms with Crippen molar-refractivity contribution in [3.63, 3.8) is 0 Å². The zero-order valence-electron chi connectivity index (χ0n) is 11.8. The van der Waals surface area contributed by atoms with Crippen molar-refractivity contribution < 1.29 is 0 Å².